The molecule has 0 saturated carbocycles. The van der Waals surface area contributed by atoms with Crippen LogP contribution in [0.5, 0.6) is 5.88 Å². The summed E-state index contributed by atoms with van der Waals surface area (Å²) in [5, 5.41) is 11.1. The number of para-hydroxylation sites is 1. The number of halogens is 1. The Morgan fingerprint density at radius 1 is 1.16 bits per heavy atom. The van der Waals surface area contributed by atoms with Gasteiger partial charge >= 0.3 is 4.87 Å². The SMILES string of the molecule is O=c1sc(C=C2C=Nc3ccccc32)c(O)n1Cc1ccccc1Cl. The van der Waals surface area contributed by atoms with Gasteiger partial charge in [0.05, 0.1) is 17.1 Å². The van der Waals surface area contributed by atoms with Crippen LogP contribution in [-0.4, -0.2) is 15.9 Å². The number of aromatic hydroxyl groups is 1. The third-order valence-electron chi connectivity index (χ3n) is 4.02. The van der Waals surface area contributed by atoms with Crippen molar-refractivity contribution in [1.29, 1.82) is 0 Å². The lowest BCUT2D eigenvalue weighted by Crippen LogP contribution is -2.13. The normalized spacial score (nSPS) is 14.2. The van der Waals surface area contributed by atoms with Gasteiger partial charge in [-0.1, -0.05) is 59.3 Å². The van der Waals surface area contributed by atoms with Gasteiger partial charge in [-0.3, -0.25) is 14.4 Å². The molecular formula is C19H13ClN2O2S. The Morgan fingerprint density at radius 3 is 2.76 bits per heavy atom. The van der Waals surface area contributed by atoms with E-state index in [0.717, 1.165) is 33.7 Å². The number of fused-ring (bicyclic) bond motifs is 1. The average molecular weight is 369 g/mol. The molecule has 0 fully saturated rings. The third-order valence-corrected chi connectivity index (χ3v) is 5.31. The van der Waals surface area contributed by atoms with E-state index < -0.39 is 0 Å². The molecule has 0 aliphatic carbocycles. The van der Waals surface area contributed by atoms with Crippen molar-refractivity contribution in [3.63, 3.8) is 0 Å². The maximum atomic E-state index is 12.3. The number of thiazole rings is 1. The van der Waals surface area contributed by atoms with Crippen LogP contribution in [0, 0.1) is 0 Å². The van der Waals surface area contributed by atoms with Crippen molar-refractivity contribution in [2.24, 2.45) is 4.99 Å². The summed E-state index contributed by atoms with van der Waals surface area (Å²) in [6.45, 7) is 0.231. The van der Waals surface area contributed by atoms with Crippen LogP contribution >= 0.6 is 22.9 Å². The van der Waals surface area contributed by atoms with Gasteiger partial charge in [0.25, 0.3) is 0 Å². The van der Waals surface area contributed by atoms with Gasteiger partial charge in [0.1, 0.15) is 0 Å². The first-order valence-electron chi connectivity index (χ1n) is 7.64. The Kier molecular flexibility index (Phi) is 4.03. The molecule has 0 radical (unpaired) electrons. The molecule has 3 aromatic rings. The van der Waals surface area contributed by atoms with Crippen LogP contribution in [0.1, 0.15) is 16.0 Å². The zero-order valence-electron chi connectivity index (χ0n) is 13.0. The van der Waals surface area contributed by atoms with Crippen LogP contribution in [-0.2, 0) is 6.54 Å². The Hall–Kier alpha value is -2.63. The van der Waals surface area contributed by atoms with Crippen LogP contribution < -0.4 is 4.87 Å². The Morgan fingerprint density at radius 2 is 1.92 bits per heavy atom. The number of benzene rings is 2. The molecule has 4 rings (SSSR count). The first-order valence-corrected chi connectivity index (χ1v) is 8.84. The minimum absolute atomic E-state index is 0.0554. The van der Waals surface area contributed by atoms with E-state index in [1.54, 1.807) is 18.4 Å². The topological polar surface area (TPSA) is 54.6 Å². The molecule has 0 atom stereocenters. The van der Waals surface area contributed by atoms with E-state index in [1.807, 2.05) is 42.5 Å². The number of nitrogens with zero attached hydrogens (tertiary/aromatic N) is 2. The second kappa shape index (κ2) is 6.35. The fourth-order valence-corrected chi connectivity index (χ4v) is 3.77. The van der Waals surface area contributed by atoms with Crippen LogP contribution in [0.3, 0.4) is 0 Å². The van der Waals surface area contributed by atoms with Gasteiger partial charge < -0.3 is 5.11 Å². The molecule has 0 spiro atoms. The molecule has 1 N–H and O–H groups in total. The first-order chi connectivity index (χ1) is 12.1. The van der Waals surface area contributed by atoms with Crippen LogP contribution in [0.2, 0.25) is 5.02 Å². The van der Waals surface area contributed by atoms with Gasteiger partial charge in [-0.2, -0.15) is 0 Å². The maximum absolute atomic E-state index is 12.3. The van der Waals surface area contributed by atoms with E-state index in [2.05, 4.69) is 4.99 Å². The second-order valence-electron chi connectivity index (χ2n) is 5.61. The van der Waals surface area contributed by atoms with E-state index in [1.165, 1.54) is 4.57 Å². The molecule has 25 heavy (non-hydrogen) atoms. The molecule has 2 aromatic carbocycles. The van der Waals surface area contributed by atoms with Crippen LogP contribution in [0.25, 0.3) is 11.6 Å². The number of allylic oxidation sites excluding steroid dienone is 1. The quantitative estimate of drug-likeness (QED) is 0.736. The first kappa shape index (κ1) is 15.9. The van der Waals surface area contributed by atoms with Gasteiger partial charge in [0.15, 0.2) is 0 Å². The smallest absolute Gasteiger partial charge is 0.310 e. The Bertz CT molecular complexity index is 1080. The number of rotatable bonds is 3. The monoisotopic (exact) mass is 368 g/mol. The molecule has 0 saturated heterocycles. The maximum Gasteiger partial charge on any atom is 0.310 e. The molecule has 0 unspecified atom stereocenters. The Balaban J connectivity index is 1.72. The third kappa shape index (κ3) is 2.92. The fraction of sp³-hybridized carbons (Fsp3) is 0.0526. The van der Waals surface area contributed by atoms with E-state index >= 15 is 0 Å². The van der Waals surface area contributed by atoms with E-state index in [0.29, 0.717) is 9.90 Å². The van der Waals surface area contributed by atoms with E-state index in [9.17, 15) is 9.90 Å². The summed E-state index contributed by atoms with van der Waals surface area (Å²) < 4.78 is 1.33. The number of hydrogen-bond acceptors (Lipinski definition) is 4. The van der Waals surface area contributed by atoms with Crippen molar-refractivity contribution in [3.8, 4) is 5.88 Å². The molecule has 6 heteroatoms. The summed E-state index contributed by atoms with van der Waals surface area (Å²) in [4.78, 5) is 16.9. The molecule has 1 aliphatic heterocycles. The summed E-state index contributed by atoms with van der Waals surface area (Å²) in [6.07, 6.45) is 3.53. The number of hydrogen-bond donors (Lipinski definition) is 1. The number of aromatic nitrogens is 1. The summed E-state index contributed by atoms with van der Waals surface area (Å²) in [6, 6.07) is 15.0. The number of aliphatic imine (C=N–C) groups is 1. The predicted molar refractivity (Wildman–Crippen MR) is 103 cm³/mol. The van der Waals surface area contributed by atoms with Crippen LogP contribution in [0.15, 0.2) is 58.3 Å². The highest BCUT2D eigenvalue weighted by Crippen LogP contribution is 2.34. The molecule has 2 heterocycles. The van der Waals surface area contributed by atoms with Crippen molar-refractivity contribution in [3.05, 3.63) is 79.2 Å². The molecule has 1 aliphatic rings. The van der Waals surface area contributed by atoms with Crippen molar-refractivity contribution >= 4 is 46.5 Å². The van der Waals surface area contributed by atoms with Crippen molar-refractivity contribution < 1.29 is 5.11 Å². The van der Waals surface area contributed by atoms with Gasteiger partial charge in [0.2, 0.25) is 5.88 Å². The van der Waals surface area contributed by atoms with Gasteiger partial charge in [-0.25, -0.2) is 0 Å². The van der Waals surface area contributed by atoms with Crippen molar-refractivity contribution in [1.82, 2.24) is 4.57 Å². The van der Waals surface area contributed by atoms with Gasteiger partial charge in [-0.05, 0) is 23.8 Å². The predicted octanol–water partition coefficient (Wildman–Crippen LogP) is 4.57. The lowest BCUT2D eigenvalue weighted by atomic mass is 10.1. The van der Waals surface area contributed by atoms with Crippen LogP contribution in [0.4, 0.5) is 5.69 Å². The minimum atomic E-state index is -0.229. The molecule has 0 bridgehead atoms. The van der Waals surface area contributed by atoms with Gasteiger partial charge in [0, 0.05) is 22.4 Å². The fourth-order valence-electron chi connectivity index (χ4n) is 2.74. The van der Waals surface area contributed by atoms with E-state index in [4.69, 9.17) is 11.6 Å². The highest BCUT2D eigenvalue weighted by atomic mass is 35.5. The van der Waals surface area contributed by atoms with E-state index in [-0.39, 0.29) is 17.3 Å². The minimum Gasteiger partial charge on any atom is -0.493 e. The summed E-state index contributed by atoms with van der Waals surface area (Å²) in [7, 11) is 0. The van der Waals surface area contributed by atoms with Gasteiger partial charge in [-0.15, -0.1) is 0 Å². The largest absolute Gasteiger partial charge is 0.493 e. The second-order valence-corrected chi connectivity index (χ2v) is 7.01. The molecule has 124 valence electrons. The molecule has 4 nitrogen and oxygen atoms in total. The Labute approximate surface area is 153 Å². The van der Waals surface area contributed by atoms with Crippen molar-refractivity contribution in [2.75, 3.05) is 0 Å². The lowest BCUT2D eigenvalue weighted by molar-refractivity contribution is 0.420. The highest BCUT2D eigenvalue weighted by molar-refractivity contribution is 7.10. The zero-order chi connectivity index (χ0) is 17.4. The summed E-state index contributed by atoms with van der Waals surface area (Å²) in [5.74, 6) is -0.0554. The average Bonchev–Trinajstić information content (AvgIpc) is 3.13. The summed E-state index contributed by atoms with van der Waals surface area (Å²) in [5.41, 5.74) is 3.53. The highest BCUT2D eigenvalue weighted by Gasteiger charge is 2.17. The zero-order valence-corrected chi connectivity index (χ0v) is 14.6. The van der Waals surface area contributed by atoms with Crippen molar-refractivity contribution in [2.45, 2.75) is 6.54 Å². The molecular weight excluding hydrogens is 356 g/mol. The lowest BCUT2D eigenvalue weighted by Gasteiger charge is -2.06. The molecule has 0 amide bonds. The standard InChI is InChI=1S/C19H13ClN2O2S/c20-15-7-3-1-5-12(15)11-22-18(23)17(25-19(22)24)9-13-10-21-16-8-4-2-6-14(13)16/h1-10,23H,11H2. The summed E-state index contributed by atoms with van der Waals surface area (Å²) >= 11 is 7.16. The molecule has 1 aromatic heterocycles.